The molecule has 1 unspecified atom stereocenters. The molecule has 0 aliphatic rings. The SMILES string of the molecule is COCC(C)NS(=O)(=O)c1ccc(OC)c(Br)c1. The average molecular weight is 338 g/mol. The maximum absolute atomic E-state index is 12.0. The van der Waals surface area contributed by atoms with Gasteiger partial charge in [0.05, 0.1) is 23.1 Å². The molecule has 102 valence electrons. The molecule has 5 nitrogen and oxygen atoms in total. The largest absolute Gasteiger partial charge is 0.496 e. The zero-order valence-corrected chi connectivity index (χ0v) is 12.8. The van der Waals surface area contributed by atoms with Gasteiger partial charge in [-0.05, 0) is 41.1 Å². The van der Waals surface area contributed by atoms with Crippen molar-refractivity contribution in [2.75, 3.05) is 20.8 Å². The summed E-state index contributed by atoms with van der Waals surface area (Å²) in [5.74, 6) is 0.582. The number of rotatable bonds is 6. The van der Waals surface area contributed by atoms with Gasteiger partial charge in [0.15, 0.2) is 0 Å². The van der Waals surface area contributed by atoms with Crippen LogP contribution in [0.3, 0.4) is 0 Å². The van der Waals surface area contributed by atoms with Crippen molar-refractivity contribution in [3.05, 3.63) is 22.7 Å². The van der Waals surface area contributed by atoms with Crippen LogP contribution in [0.5, 0.6) is 5.75 Å². The van der Waals surface area contributed by atoms with Crippen LogP contribution in [0.4, 0.5) is 0 Å². The molecule has 1 aromatic rings. The summed E-state index contributed by atoms with van der Waals surface area (Å²) in [6.45, 7) is 2.05. The number of halogens is 1. The van der Waals surface area contributed by atoms with Crippen molar-refractivity contribution in [3.63, 3.8) is 0 Å². The smallest absolute Gasteiger partial charge is 0.240 e. The van der Waals surface area contributed by atoms with Crippen LogP contribution in [-0.4, -0.2) is 35.3 Å². The standard InChI is InChI=1S/C11H16BrNO4S/c1-8(7-16-2)13-18(14,15)9-4-5-11(17-3)10(12)6-9/h4-6,8,13H,7H2,1-3H3. The van der Waals surface area contributed by atoms with Gasteiger partial charge in [0, 0.05) is 13.2 Å². The van der Waals surface area contributed by atoms with E-state index >= 15 is 0 Å². The highest BCUT2D eigenvalue weighted by molar-refractivity contribution is 9.10. The van der Waals surface area contributed by atoms with Crippen LogP contribution in [0.15, 0.2) is 27.6 Å². The molecule has 0 bridgehead atoms. The van der Waals surface area contributed by atoms with E-state index in [1.807, 2.05) is 0 Å². The van der Waals surface area contributed by atoms with Gasteiger partial charge in [0.2, 0.25) is 10.0 Å². The average Bonchev–Trinajstić information content (AvgIpc) is 2.28. The van der Waals surface area contributed by atoms with Gasteiger partial charge in [-0.2, -0.15) is 0 Å². The third-order valence-corrected chi connectivity index (χ3v) is 4.41. The van der Waals surface area contributed by atoms with E-state index in [-0.39, 0.29) is 10.9 Å². The fraction of sp³-hybridized carbons (Fsp3) is 0.455. The fourth-order valence-electron chi connectivity index (χ4n) is 1.43. The van der Waals surface area contributed by atoms with E-state index < -0.39 is 10.0 Å². The molecule has 0 heterocycles. The second kappa shape index (κ2) is 6.51. The summed E-state index contributed by atoms with van der Waals surface area (Å²) >= 11 is 3.25. The van der Waals surface area contributed by atoms with E-state index in [2.05, 4.69) is 20.7 Å². The van der Waals surface area contributed by atoms with Crippen LogP contribution in [0.1, 0.15) is 6.92 Å². The second-order valence-electron chi connectivity index (χ2n) is 3.77. The molecule has 0 radical (unpaired) electrons. The molecule has 1 rings (SSSR count). The molecule has 0 fully saturated rings. The van der Waals surface area contributed by atoms with Crippen molar-refractivity contribution in [1.29, 1.82) is 0 Å². The van der Waals surface area contributed by atoms with Gasteiger partial charge >= 0.3 is 0 Å². The molecule has 0 saturated carbocycles. The molecule has 0 amide bonds. The number of ether oxygens (including phenoxy) is 2. The zero-order valence-electron chi connectivity index (χ0n) is 10.4. The van der Waals surface area contributed by atoms with Gasteiger partial charge in [0.1, 0.15) is 5.75 Å². The summed E-state index contributed by atoms with van der Waals surface area (Å²) in [5, 5.41) is 0. The molecule has 7 heteroatoms. The topological polar surface area (TPSA) is 64.6 Å². The van der Waals surface area contributed by atoms with Crippen molar-refractivity contribution in [1.82, 2.24) is 4.72 Å². The summed E-state index contributed by atoms with van der Waals surface area (Å²) in [6, 6.07) is 4.30. The molecule has 1 N–H and O–H groups in total. The lowest BCUT2D eigenvalue weighted by molar-refractivity contribution is 0.180. The van der Waals surface area contributed by atoms with Gasteiger partial charge in [-0.1, -0.05) is 0 Å². The molecule has 0 aromatic heterocycles. The summed E-state index contributed by atoms with van der Waals surface area (Å²) in [7, 11) is -0.501. The minimum atomic E-state index is -3.54. The summed E-state index contributed by atoms with van der Waals surface area (Å²) in [4.78, 5) is 0.179. The quantitative estimate of drug-likeness (QED) is 0.859. The Bertz CT molecular complexity index is 504. The van der Waals surface area contributed by atoms with Gasteiger partial charge in [0.25, 0.3) is 0 Å². The monoisotopic (exact) mass is 337 g/mol. The van der Waals surface area contributed by atoms with Crippen LogP contribution in [-0.2, 0) is 14.8 Å². The first-order valence-electron chi connectivity index (χ1n) is 5.25. The van der Waals surface area contributed by atoms with E-state index in [0.29, 0.717) is 16.8 Å². The molecule has 0 spiro atoms. The lowest BCUT2D eigenvalue weighted by atomic mass is 10.3. The number of methoxy groups -OCH3 is 2. The van der Waals surface area contributed by atoms with Crippen LogP contribution >= 0.6 is 15.9 Å². The Kier molecular flexibility index (Phi) is 5.58. The van der Waals surface area contributed by atoms with Gasteiger partial charge in [-0.15, -0.1) is 0 Å². The lowest BCUT2D eigenvalue weighted by Crippen LogP contribution is -2.35. The van der Waals surface area contributed by atoms with Gasteiger partial charge < -0.3 is 9.47 Å². The Morgan fingerprint density at radius 3 is 2.56 bits per heavy atom. The number of hydrogen-bond acceptors (Lipinski definition) is 4. The Morgan fingerprint density at radius 1 is 1.39 bits per heavy atom. The number of sulfonamides is 1. The van der Waals surface area contributed by atoms with Crippen molar-refractivity contribution in [2.45, 2.75) is 17.9 Å². The Balaban J connectivity index is 2.95. The highest BCUT2D eigenvalue weighted by Gasteiger charge is 2.18. The summed E-state index contributed by atoms with van der Waals surface area (Å²) in [6.07, 6.45) is 0. The first-order valence-corrected chi connectivity index (χ1v) is 7.53. The summed E-state index contributed by atoms with van der Waals surface area (Å²) in [5.41, 5.74) is 0. The minimum Gasteiger partial charge on any atom is -0.496 e. The maximum Gasteiger partial charge on any atom is 0.240 e. The van der Waals surface area contributed by atoms with E-state index in [1.54, 1.807) is 13.0 Å². The van der Waals surface area contributed by atoms with Crippen LogP contribution in [0, 0.1) is 0 Å². The predicted molar refractivity (Wildman–Crippen MR) is 72.4 cm³/mol. The highest BCUT2D eigenvalue weighted by Crippen LogP contribution is 2.27. The first kappa shape index (κ1) is 15.4. The van der Waals surface area contributed by atoms with Crippen LogP contribution in [0.25, 0.3) is 0 Å². The molecule has 1 atom stereocenters. The second-order valence-corrected chi connectivity index (χ2v) is 6.34. The molecule has 0 saturated heterocycles. The summed E-state index contributed by atoms with van der Waals surface area (Å²) < 4.78 is 37.1. The number of nitrogens with one attached hydrogen (secondary N) is 1. The molecule has 0 aliphatic carbocycles. The number of benzene rings is 1. The predicted octanol–water partition coefficient (Wildman–Crippen LogP) is 1.77. The van der Waals surface area contributed by atoms with Crippen molar-refractivity contribution in [3.8, 4) is 5.75 Å². The molecular weight excluding hydrogens is 322 g/mol. The van der Waals surface area contributed by atoms with Crippen molar-refractivity contribution < 1.29 is 17.9 Å². The fourth-order valence-corrected chi connectivity index (χ4v) is 3.38. The van der Waals surface area contributed by atoms with Crippen LogP contribution in [0.2, 0.25) is 0 Å². The minimum absolute atomic E-state index is 0.179. The maximum atomic E-state index is 12.0. The molecule has 1 aromatic carbocycles. The van der Waals surface area contributed by atoms with E-state index in [9.17, 15) is 8.42 Å². The van der Waals surface area contributed by atoms with E-state index in [0.717, 1.165) is 0 Å². The molecule has 18 heavy (non-hydrogen) atoms. The van der Waals surface area contributed by atoms with Gasteiger partial charge in [-0.3, -0.25) is 0 Å². The highest BCUT2D eigenvalue weighted by atomic mass is 79.9. The Hall–Kier alpha value is -0.630. The van der Waals surface area contributed by atoms with Gasteiger partial charge in [-0.25, -0.2) is 13.1 Å². The van der Waals surface area contributed by atoms with Crippen molar-refractivity contribution >= 4 is 26.0 Å². The molecular formula is C11H16BrNO4S. The number of hydrogen-bond donors (Lipinski definition) is 1. The van der Waals surface area contributed by atoms with Crippen LogP contribution < -0.4 is 9.46 Å². The van der Waals surface area contributed by atoms with Crippen molar-refractivity contribution in [2.24, 2.45) is 0 Å². The third-order valence-electron chi connectivity index (χ3n) is 2.21. The first-order chi connectivity index (χ1) is 8.40. The normalized spacial score (nSPS) is 13.3. The Labute approximate surface area is 116 Å². The van der Waals surface area contributed by atoms with E-state index in [1.165, 1.54) is 26.4 Å². The Morgan fingerprint density at radius 2 is 2.06 bits per heavy atom. The van der Waals surface area contributed by atoms with E-state index in [4.69, 9.17) is 9.47 Å². The third kappa shape index (κ3) is 3.94. The zero-order chi connectivity index (χ0) is 13.8. The lowest BCUT2D eigenvalue weighted by Gasteiger charge is -2.14. The molecule has 0 aliphatic heterocycles.